The number of methoxy groups -OCH3 is 1. The number of halogens is 1. The van der Waals surface area contributed by atoms with Gasteiger partial charge in [0, 0.05) is 22.3 Å². The lowest BCUT2D eigenvalue weighted by Crippen LogP contribution is -2.44. The quantitative estimate of drug-likeness (QED) is 0.443. The summed E-state index contributed by atoms with van der Waals surface area (Å²) in [6.07, 6.45) is -0.681. The van der Waals surface area contributed by atoms with E-state index >= 15 is 0 Å². The van der Waals surface area contributed by atoms with Crippen LogP contribution in [0.25, 0.3) is 11.0 Å². The first-order valence-corrected chi connectivity index (χ1v) is 10.1. The molecule has 5 rings (SSSR count). The minimum atomic E-state index is -1.84. The van der Waals surface area contributed by atoms with Crippen LogP contribution in [0.5, 0.6) is 0 Å². The number of carbonyl (C=O) groups excluding carboxylic acids is 2. The second-order valence-corrected chi connectivity index (χ2v) is 7.63. The lowest BCUT2D eigenvalue weighted by atomic mass is 9.93. The number of aromatic nitrogens is 2. The van der Waals surface area contributed by atoms with Gasteiger partial charge in [-0.05, 0) is 24.3 Å². The zero-order chi connectivity index (χ0) is 23.2. The van der Waals surface area contributed by atoms with Gasteiger partial charge in [-0.25, -0.2) is 14.2 Å². The van der Waals surface area contributed by atoms with Gasteiger partial charge in [-0.2, -0.15) is 0 Å². The van der Waals surface area contributed by atoms with Crippen LogP contribution >= 0.6 is 0 Å². The van der Waals surface area contributed by atoms with E-state index in [0.29, 0.717) is 27.7 Å². The van der Waals surface area contributed by atoms with Crippen LogP contribution in [0.1, 0.15) is 27.0 Å². The van der Waals surface area contributed by atoms with E-state index in [1.165, 1.54) is 18.1 Å². The molecule has 0 saturated carbocycles. The maximum absolute atomic E-state index is 14.4. The fourth-order valence-electron chi connectivity index (χ4n) is 4.14. The number of H-pyrrole nitrogens is 1. The van der Waals surface area contributed by atoms with Crippen LogP contribution in [0.3, 0.4) is 0 Å². The van der Waals surface area contributed by atoms with Gasteiger partial charge in [0.05, 0.1) is 24.7 Å². The molecular weight excluding hydrogens is 427 g/mol. The molecule has 1 aliphatic heterocycles. The maximum atomic E-state index is 14.4. The van der Waals surface area contributed by atoms with Gasteiger partial charge in [0.2, 0.25) is 5.95 Å². The number of aliphatic hydroxyl groups is 1. The van der Waals surface area contributed by atoms with Crippen LogP contribution in [-0.4, -0.2) is 39.1 Å². The van der Waals surface area contributed by atoms with Crippen LogP contribution < -0.4 is 5.32 Å². The molecule has 0 bridgehead atoms. The fraction of sp³-hybridized carbons (Fsp3) is 0.125. The minimum absolute atomic E-state index is 0.132. The number of aromatic amines is 1. The largest absolute Gasteiger partial charge is 0.453 e. The van der Waals surface area contributed by atoms with Crippen molar-refractivity contribution in [2.45, 2.75) is 12.3 Å². The van der Waals surface area contributed by atoms with Crippen molar-refractivity contribution in [2.75, 3.05) is 12.4 Å². The number of hydrogen-bond acceptors (Lipinski definition) is 5. The molecule has 9 heteroatoms. The number of anilines is 1. The number of ether oxygens (including phenoxy) is 1. The number of hydrogen-bond donors (Lipinski definition) is 3. The number of nitrogens with one attached hydrogen (secondary N) is 2. The summed E-state index contributed by atoms with van der Waals surface area (Å²) >= 11 is 0. The first-order valence-electron chi connectivity index (χ1n) is 10.1. The first-order chi connectivity index (χ1) is 15.9. The molecule has 3 N–H and O–H groups in total. The minimum Gasteiger partial charge on any atom is -0.453 e. The molecule has 166 valence electrons. The summed E-state index contributed by atoms with van der Waals surface area (Å²) < 4.78 is 19.0. The van der Waals surface area contributed by atoms with Gasteiger partial charge in [0.15, 0.2) is 5.72 Å². The first kappa shape index (κ1) is 20.7. The van der Waals surface area contributed by atoms with Gasteiger partial charge in [0.1, 0.15) is 5.82 Å². The zero-order valence-corrected chi connectivity index (χ0v) is 17.5. The van der Waals surface area contributed by atoms with E-state index in [9.17, 15) is 19.1 Å². The Labute approximate surface area is 187 Å². The number of carbonyl (C=O) groups is 2. The summed E-state index contributed by atoms with van der Waals surface area (Å²) in [4.78, 5) is 33.3. The van der Waals surface area contributed by atoms with Crippen molar-refractivity contribution in [3.05, 3.63) is 94.8 Å². The average Bonchev–Trinajstić information content (AvgIpc) is 3.32. The summed E-state index contributed by atoms with van der Waals surface area (Å²) in [5.41, 5.74) is 0.627. The zero-order valence-electron chi connectivity index (χ0n) is 17.5. The Morgan fingerprint density at radius 2 is 1.94 bits per heavy atom. The van der Waals surface area contributed by atoms with Crippen molar-refractivity contribution < 1.29 is 23.8 Å². The van der Waals surface area contributed by atoms with Gasteiger partial charge in [0.25, 0.3) is 5.91 Å². The van der Waals surface area contributed by atoms with Crippen molar-refractivity contribution in [1.29, 1.82) is 0 Å². The van der Waals surface area contributed by atoms with Crippen LogP contribution in [-0.2, 0) is 17.0 Å². The lowest BCUT2D eigenvalue weighted by Gasteiger charge is -2.35. The number of rotatable bonds is 4. The molecule has 0 aliphatic carbocycles. The number of amides is 2. The van der Waals surface area contributed by atoms with Gasteiger partial charge < -0.3 is 14.8 Å². The summed E-state index contributed by atoms with van der Waals surface area (Å²) in [5.74, 6) is -0.702. The SMILES string of the molecule is COC(=O)Nc1nc2ccc(C3(O)c4ccccc4C(=O)N3Cc3ccccc3F)cc2[nH]1. The molecule has 4 aromatic rings. The number of fused-ring (bicyclic) bond motifs is 2. The maximum Gasteiger partial charge on any atom is 0.413 e. The number of benzene rings is 3. The fourth-order valence-corrected chi connectivity index (χ4v) is 4.14. The average molecular weight is 446 g/mol. The molecule has 1 aliphatic rings. The van der Waals surface area contributed by atoms with Crippen LogP contribution in [0.15, 0.2) is 66.7 Å². The van der Waals surface area contributed by atoms with Gasteiger partial charge in [-0.3, -0.25) is 15.0 Å². The van der Waals surface area contributed by atoms with Crippen LogP contribution in [0.2, 0.25) is 0 Å². The van der Waals surface area contributed by atoms with Gasteiger partial charge in [-0.1, -0.05) is 42.5 Å². The van der Waals surface area contributed by atoms with E-state index in [2.05, 4.69) is 20.0 Å². The van der Waals surface area contributed by atoms with Gasteiger partial charge in [-0.15, -0.1) is 0 Å². The Hall–Kier alpha value is -4.24. The lowest BCUT2D eigenvalue weighted by molar-refractivity contribution is -0.0545. The van der Waals surface area contributed by atoms with E-state index < -0.39 is 23.5 Å². The molecule has 0 fully saturated rings. The molecule has 33 heavy (non-hydrogen) atoms. The highest BCUT2D eigenvalue weighted by Crippen LogP contribution is 2.43. The normalized spacial score (nSPS) is 17.3. The second kappa shape index (κ2) is 7.72. The van der Waals surface area contributed by atoms with Crippen molar-refractivity contribution in [2.24, 2.45) is 0 Å². The van der Waals surface area contributed by atoms with E-state index in [-0.39, 0.29) is 18.1 Å². The summed E-state index contributed by atoms with van der Waals surface area (Å²) in [5, 5.41) is 14.5. The molecule has 1 unspecified atom stereocenters. The monoisotopic (exact) mass is 446 g/mol. The van der Waals surface area contributed by atoms with E-state index in [0.717, 1.165) is 0 Å². The summed E-state index contributed by atoms with van der Waals surface area (Å²) in [6, 6.07) is 17.9. The third-order valence-electron chi connectivity index (χ3n) is 5.75. The highest BCUT2D eigenvalue weighted by atomic mass is 19.1. The Kier molecular flexibility index (Phi) is 4.83. The predicted molar refractivity (Wildman–Crippen MR) is 118 cm³/mol. The molecule has 8 nitrogen and oxygen atoms in total. The molecule has 1 atom stereocenters. The Bertz CT molecular complexity index is 1400. The van der Waals surface area contributed by atoms with Crippen LogP contribution in [0.4, 0.5) is 15.1 Å². The number of nitrogens with zero attached hydrogens (tertiary/aromatic N) is 2. The Morgan fingerprint density at radius 3 is 2.73 bits per heavy atom. The van der Waals surface area contributed by atoms with Crippen molar-refractivity contribution >= 4 is 29.0 Å². The molecule has 2 heterocycles. The van der Waals surface area contributed by atoms with Crippen LogP contribution in [0, 0.1) is 5.82 Å². The van der Waals surface area contributed by atoms with E-state index in [1.807, 2.05) is 0 Å². The van der Waals surface area contributed by atoms with E-state index in [4.69, 9.17) is 0 Å². The highest BCUT2D eigenvalue weighted by molar-refractivity contribution is 6.00. The van der Waals surface area contributed by atoms with Crippen molar-refractivity contribution in [1.82, 2.24) is 14.9 Å². The number of imidazole rings is 1. The van der Waals surface area contributed by atoms with Crippen molar-refractivity contribution in [3.8, 4) is 0 Å². The third-order valence-corrected chi connectivity index (χ3v) is 5.75. The second-order valence-electron chi connectivity index (χ2n) is 7.63. The topological polar surface area (TPSA) is 108 Å². The smallest absolute Gasteiger partial charge is 0.413 e. The molecule has 0 radical (unpaired) electrons. The van der Waals surface area contributed by atoms with E-state index in [1.54, 1.807) is 60.7 Å². The molecular formula is C24H19FN4O4. The third kappa shape index (κ3) is 3.30. The molecule has 0 spiro atoms. The van der Waals surface area contributed by atoms with Gasteiger partial charge >= 0.3 is 6.09 Å². The Morgan fingerprint density at radius 1 is 1.18 bits per heavy atom. The molecule has 0 saturated heterocycles. The van der Waals surface area contributed by atoms with Crippen molar-refractivity contribution in [3.63, 3.8) is 0 Å². The summed E-state index contributed by atoms with van der Waals surface area (Å²) in [7, 11) is 1.24. The molecule has 1 aromatic heterocycles. The molecule has 3 aromatic carbocycles. The molecule has 2 amide bonds. The summed E-state index contributed by atoms with van der Waals surface area (Å²) in [6.45, 7) is -0.132. The highest BCUT2D eigenvalue weighted by Gasteiger charge is 2.50. The standard InChI is InChI=1S/C24H19FN4O4/c1-33-23(31)28-22-26-19-11-10-15(12-20(19)27-22)24(32)17-8-4-3-7-16(17)21(30)29(24)13-14-6-2-5-9-18(14)25/h2-12,32H,13H2,1H3,(H2,26,27,28,31). The predicted octanol–water partition coefficient (Wildman–Crippen LogP) is 3.73. The Balaban J connectivity index is 1.62.